The standard InChI is InChI=1S/C10H10ClF3O/c1-6(2)7-3-4-8(11)9(5-7)15-10(12,13)14/h3-6H,1-2H3. The minimum absolute atomic E-state index is 0.0447. The molecule has 15 heavy (non-hydrogen) atoms. The van der Waals surface area contributed by atoms with E-state index in [2.05, 4.69) is 4.74 Å². The average molecular weight is 239 g/mol. The molecular weight excluding hydrogens is 229 g/mol. The molecule has 0 heterocycles. The van der Waals surface area contributed by atoms with Gasteiger partial charge >= 0.3 is 6.36 Å². The van der Waals surface area contributed by atoms with E-state index >= 15 is 0 Å². The Morgan fingerprint density at radius 3 is 2.33 bits per heavy atom. The third kappa shape index (κ3) is 3.63. The molecule has 0 aliphatic carbocycles. The normalized spacial score (nSPS) is 11.9. The summed E-state index contributed by atoms with van der Waals surface area (Å²) in [6.07, 6.45) is -4.71. The molecule has 0 atom stereocenters. The summed E-state index contributed by atoms with van der Waals surface area (Å²) >= 11 is 5.58. The van der Waals surface area contributed by atoms with Crippen LogP contribution >= 0.6 is 11.6 Å². The quantitative estimate of drug-likeness (QED) is 0.744. The first kappa shape index (κ1) is 12.2. The van der Waals surface area contributed by atoms with Crippen molar-refractivity contribution in [2.24, 2.45) is 0 Å². The van der Waals surface area contributed by atoms with Gasteiger partial charge in [-0.1, -0.05) is 31.5 Å². The zero-order chi connectivity index (χ0) is 11.6. The Morgan fingerprint density at radius 1 is 1.27 bits per heavy atom. The van der Waals surface area contributed by atoms with Gasteiger partial charge in [0.05, 0.1) is 5.02 Å². The summed E-state index contributed by atoms with van der Waals surface area (Å²) in [6, 6.07) is 4.38. The Balaban J connectivity index is 3.01. The second-order valence-electron chi connectivity index (χ2n) is 3.39. The molecule has 0 saturated heterocycles. The molecule has 0 radical (unpaired) electrons. The largest absolute Gasteiger partial charge is 0.573 e. The van der Waals surface area contributed by atoms with Crippen molar-refractivity contribution in [2.45, 2.75) is 26.1 Å². The van der Waals surface area contributed by atoms with Crippen molar-refractivity contribution < 1.29 is 17.9 Å². The lowest BCUT2D eigenvalue weighted by molar-refractivity contribution is -0.274. The predicted molar refractivity (Wildman–Crippen MR) is 52.2 cm³/mol. The summed E-state index contributed by atoms with van der Waals surface area (Å²) in [5, 5.41) is -0.0447. The van der Waals surface area contributed by atoms with E-state index in [0.717, 1.165) is 5.56 Å². The van der Waals surface area contributed by atoms with Gasteiger partial charge in [-0.15, -0.1) is 13.2 Å². The van der Waals surface area contributed by atoms with Crippen molar-refractivity contribution >= 4 is 11.6 Å². The summed E-state index contributed by atoms with van der Waals surface area (Å²) < 4.78 is 39.7. The topological polar surface area (TPSA) is 9.23 Å². The first-order valence-electron chi connectivity index (χ1n) is 4.35. The van der Waals surface area contributed by atoms with Crippen LogP contribution in [-0.4, -0.2) is 6.36 Å². The van der Waals surface area contributed by atoms with Crippen molar-refractivity contribution in [1.82, 2.24) is 0 Å². The van der Waals surface area contributed by atoms with Gasteiger partial charge in [-0.2, -0.15) is 0 Å². The summed E-state index contributed by atoms with van der Waals surface area (Å²) in [5.74, 6) is -0.229. The van der Waals surface area contributed by atoms with Crippen molar-refractivity contribution in [1.29, 1.82) is 0 Å². The lowest BCUT2D eigenvalue weighted by Gasteiger charge is -2.13. The number of hydrogen-bond donors (Lipinski definition) is 0. The van der Waals surface area contributed by atoms with E-state index in [4.69, 9.17) is 11.6 Å². The molecule has 0 aliphatic heterocycles. The highest BCUT2D eigenvalue weighted by Gasteiger charge is 2.32. The number of benzene rings is 1. The minimum atomic E-state index is -4.71. The highest BCUT2D eigenvalue weighted by Crippen LogP contribution is 2.32. The van der Waals surface area contributed by atoms with Crippen LogP contribution in [0.1, 0.15) is 25.3 Å². The Labute approximate surface area is 90.8 Å². The molecule has 1 aromatic carbocycles. The molecule has 0 aromatic heterocycles. The molecule has 0 unspecified atom stereocenters. The Hall–Kier alpha value is -0.900. The summed E-state index contributed by atoms with van der Waals surface area (Å²) in [7, 11) is 0. The molecule has 5 heteroatoms. The van der Waals surface area contributed by atoms with Gasteiger partial charge < -0.3 is 4.74 Å². The molecule has 0 fully saturated rings. The third-order valence-electron chi connectivity index (χ3n) is 1.85. The predicted octanol–water partition coefficient (Wildman–Crippen LogP) is 4.36. The molecule has 0 amide bonds. The van der Waals surface area contributed by atoms with Gasteiger partial charge in [-0.25, -0.2) is 0 Å². The smallest absolute Gasteiger partial charge is 0.404 e. The van der Waals surface area contributed by atoms with Gasteiger partial charge in [0.2, 0.25) is 0 Å². The molecule has 0 saturated carbocycles. The Kier molecular flexibility index (Phi) is 3.50. The van der Waals surface area contributed by atoms with Crippen molar-refractivity contribution in [2.75, 3.05) is 0 Å². The summed E-state index contributed by atoms with van der Waals surface area (Å²) in [6.45, 7) is 3.75. The first-order chi connectivity index (χ1) is 6.79. The number of alkyl halides is 3. The molecule has 0 aliphatic rings. The fourth-order valence-electron chi connectivity index (χ4n) is 1.08. The minimum Gasteiger partial charge on any atom is -0.404 e. The van der Waals surface area contributed by atoms with Gasteiger partial charge in [0.15, 0.2) is 0 Å². The van der Waals surface area contributed by atoms with Gasteiger partial charge in [-0.3, -0.25) is 0 Å². The fourth-order valence-corrected chi connectivity index (χ4v) is 1.24. The fraction of sp³-hybridized carbons (Fsp3) is 0.400. The molecule has 1 rings (SSSR count). The molecule has 0 N–H and O–H groups in total. The molecule has 84 valence electrons. The van der Waals surface area contributed by atoms with Crippen LogP contribution < -0.4 is 4.74 Å². The van der Waals surface area contributed by atoms with Gasteiger partial charge in [0, 0.05) is 0 Å². The summed E-state index contributed by atoms with van der Waals surface area (Å²) in [5.41, 5.74) is 0.749. The Bertz CT molecular complexity index is 347. The average Bonchev–Trinajstić information content (AvgIpc) is 2.06. The van der Waals surface area contributed by atoms with Crippen molar-refractivity contribution in [3.05, 3.63) is 28.8 Å². The van der Waals surface area contributed by atoms with Crippen LogP contribution in [0.2, 0.25) is 5.02 Å². The Morgan fingerprint density at radius 2 is 1.87 bits per heavy atom. The van der Waals surface area contributed by atoms with E-state index in [1.807, 2.05) is 13.8 Å². The molecule has 1 aromatic rings. The second kappa shape index (κ2) is 4.31. The zero-order valence-electron chi connectivity index (χ0n) is 8.23. The van der Waals surface area contributed by atoms with Crippen molar-refractivity contribution in [3.8, 4) is 5.75 Å². The lowest BCUT2D eigenvalue weighted by Crippen LogP contribution is -2.17. The maximum Gasteiger partial charge on any atom is 0.573 e. The van der Waals surface area contributed by atoms with Crippen molar-refractivity contribution in [3.63, 3.8) is 0 Å². The second-order valence-corrected chi connectivity index (χ2v) is 3.80. The molecule has 0 spiro atoms. The van der Waals surface area contributed by atoms with E-state index in [-0.39, 0.29) is 16.7 Å². The van der Waals surface area contributed by atoms with Gasteiger partial charge in [0.25, 0.3) is 0 Å². The van der Waals surface area contributed by atoms with Crippen LogP contribution in [0, 0.1) is 0 Å². The highest BCUT2D eigenvalue weighted by atomic mass is 35.5. The lowest BCUT2D eigenvalue weighted by atomic mass is 10.0. The van der Waals surface area contributed by atoms with E-state index in [9.17, 15) is 13.2 Å². The van der Waals surface area contributed by atoms with Crippen LogP contribution in [0.25, 0.3) is 0 Å². The van der Waals surface area contributed by atoms with E-state index in [1.54, 1.807) is 6.07 Å². The summed E-state index contributed by atoms with van der Waals surface area (Å²) in [4.78, 5) is 0. The van der Waals surface area contributed by atoms with Crippen LogP contribution in [0.5, 0.6) is 5.75 Å². The number of halogens is 4. The van der Waals surface area contributed by atoms with Crippen LogP contribution in [0.15, 0.2) is 18.2 Å². The monoisotopic (exact) mass is 238 g/mol. The maximum absolute atomic E-state index is 12.0. The van der Waals surface area contributed by atoms with E-state index in [1.165, 1.54) is 12.1 Å². The molecule has 0 bridgehead atoms. The zero-order valence-corrected chi connectivity index (χ0v) is 8.99. The van der Waals surface area contributed by atoms with Gasteiger partial charge in [-0.05, 0) is 23.6 Å². The SMILES string of the molecule is CC(C)c1ccc(Cl)c(OC(F)(F)F)c1. The van der Waals surface area contributed by atoms with E-state index in [0.29, 0.717) is 0 Å². The number of rotatable bonds is 2. The van der Waals surface area contributed by atoms with Crippen LogP contribution in [-0.2, 0) is 0 Å². The molecule has 1 nitrogen and oxygen atoms in total. The third-order valence-corrected chi connectivity index (χ3v) is 2.16. The van der Waals surface area contributed by atoms with Gasteiger partial charge in [0.1, 0.15) is 5.75 Å². The van der Waals surface area contributed by atoms with Crippen LogP contribution in [0.3, 0.4) is 0 Å². The molecular formula is C10H10ClF3O. The number of ether oxygens (including phenoxy) is 1. The van der Waals surface area contributed by atoms with E-state index < -0.39 is 6.36 Å². The first-order valence-corrected chi connectivity index (χ1v) is 4.72. The van der Waals surface area contributed by atoms with Crippen LogP contribution in [0.4, 0.5) is 13.2 Å². The highest BCUT2D eigenvalue weighted by molar-refractivity contribution is 6.32. The number of hydrogen-bond acceptors (Lipinski definition) is 1. The maximum atomic E-state index is 12.0.